The Kier molecular flexibility index (Phi) is 8.57. The average molecular weight is 494 g/mol. The highest BCUT2D eigenvalue weighted by molar-refractivity contribution is 14.0. The van der Waals surface area contributed by atoms with Crippen molar-refractivity contribution >= 4 is 35.6 Å². The third kappa shape index (κ3) is 6.38. The van der Waals surface area contributed by atoms with Gasteiger partial charge in [0.1, 0.15) is 5.75 Å². The van der Waals surface area contributed by atoms with Crippen LogP contribution in [0, 0.1) is 0 Å². The predicted molar refractivity (Wildman–Crippen MR) is 128 cm³/mol. The summed E-state index contributed by atoms with van der Waals surface area (Å²) >= 11 is 0. The number of fused-ring (bicyclic) bond motifs is 1. The minimum atomic E-state index is 0. The topological polar surface area (TPSA) is 62.9 Å². The van der Waals surface area contributed by atoms with Gasteiger partial charge in [-0.05, 0) is 62.6 Å². The van der Waals surface area contributed by atoms with Crippen LogP contribution in [-0.2, 0) is 13.0 Å². The fourth-order valence-electron chi connectivity index (χ4n) is 3.32. The van der Waals surface area contributed by atoms with E-state index in [0.29, 0.717) is 18.5 Å². The number of aliphatic imine (C=N–C) groups is 1. The van der Waals surface area contributed by atoms with Crippen LogP contribution in [0.15, 0.2) is 53.5 Å². The number of anilines is 1. The molecule has 152 valence electrons. The number of ether oxygens (including phenoxy) is 1. The van der Waals surface area contributed by atoms with Crippen LogP contribution in [0.1, 0.15) is 31.9 Å². The monoisotopic (exact) mass is 494 g/mol. The maximum absolute atomic E-state index is 6.07. The van der Waals surface area contributed by atoms with E-state index in [4.69, 9.17) is 10.5 Å². The van der Waals surface area contributed by atoms with Gasteiger partial charge in [-0.2, -0.15) is 0 Å². The summed E-state index contributed by atoms with van der Waals surface area (Å²) in [5.41, 5.74) is 9.87. The molecule has 28 heavy (non-hydrogen) atoms. The van der Waals surface area contributed by atoms with Crippen molar-refractivity contribution in [3.63, 3.8) is 0 Å². The van der Waals surface area contributed by atoms with Gasteiger partial charge in [-0.15, -0.1) is 24.0 Å². The number of hydrogen-bond acceptors (Lipinski definition) is 3. The quantitative estimate of drug-likeness (QED) is 0.358. The van der Waals surface area contributed by atoms with E-state index in [1.54, 1.807) is 0 Å². The zero-order valence-corrected chi connectivity index (χ0v) is 19.2. The molecule has 1 aliphatic heterocycles. The maximum atomic E-state index is 6.07. The number of halogens is 1. The second-order valence-electron chi connectivity index (χ2n) is 7.38. The Hall–Kier alpha value is -1.80. The molecule has 0 fully saturated rings. The van der Waals surface area contributed by atoms with Gasteiger partial charge in [0.05, 0.1) is 12.6 Å². The van der Waals surface area contributed by atoms with Gasteiger partial charge < -0.3 is 15.8 Å². The lowest BCUT2D eigenvalue weighted by atomic mass is 9.99. The summed E-state index contributed by atoms with van der Waals surface area (Å²) in [7, 11) is 0. The SMILES string of the molecule is CC(C)Oc1ccc(NC(N)=NCC(C)N2CCc3ccccc3C2)cc1.I. The highest BCUT2D eigenvalue weighted by atomic mass is 127. The molecule has 1 unspecified atom stereocenters. The van der Waals surface area contributed by atoms with E-state index in [9.17, 15) is 0 Å². The normalized spacial score (nSPS) is 15.5. The molecular formula is C22H31IN4O. The number of nitrogens with zero attached hydrogens (tertiary/aromatic N) is 2. The summed E-state index contributed by atoms with van der Waals surface area (Å²) in [4.78, 5) is 7.00. The molecule has 2 aromatic rings. The number of benzene rings is 2. The van der Waals surface area contributed by atoms with Crippen LogP contribution in [0.2, 0.25) is 0 Å². The molecule has 0 aliphatic carbocycles. The molecule has 2 aromatic carbocycles. The van der Waals surface area contributed by atoms with E-state index >= 15 is 0 Å². The fraction of sp³-hybridized carbons (Fsp3) is 0.409. The molecule has 5 nitrogen and oxygen atoms in total. The largest absolute Gasteiger partial charge is 0.491 e. The highest BCUT2D eigenvalue weighted by Gasteiger charge is 2.20. The molecule has 6 heteroatoms. The molecule has 1 heterocycles. The van der Waals surface area contributed by atoms with Gasteiger partial charge in [-0.25, -0.2) is 0 Å². The van der Waals surface area contributed by atoms with Gasteiger partial charge in [-0.1, -0.05) is 24.3 Å². The number of guanidine groups is 1. The van der Waals surface area contributed by atoms with Gasteiger partial charge in [0.25, 0.3) is 0 Å². The van der Waals surface area contributed by atoms with Crippen LogP contribution in [-0.4, -0.2) is 36.1 Å². The molecule has 0 aromatic heterocycles. The Morgan fingerprint density at radius 1 is 1.11 bits per heavy atom. The lowest BCUT2D eigenvalue weighted by Gasteiger charge is -2.33. The summed E-state index contributed by atoms with van der Waals surface area (Å²) in [6, 6.07) is 16.8. The van der Waals surface area contributed by atoms with Crippen molar-refractivity contribution in [3.8, 4) is 5.75 Å². The van der Waals surface area contributed by atoms with Crippen LogP contribution in [0.3, 0.4) is 0 Å². The minimum absolute atomic E-state index is 0. The molecule has 0 amide bonds. The Bertz CT molecular complexity index is 776. The molecule has 0 bridgehead atoms. The molecule has 3 rings (SSSR count). The van der Waals surface area contributed by atoms with Gasteiger partial charge in [0.15, 0.2) is 5.96 Å². The van der Waals surface area contributed by atoms with E-state index in [2.05, 4.69) is 46.4 Å². The average Bonchev–Trinajstić information content (AvgIpc) is 2.67. The van der Waals surface area contributed by atoms with Crippen molar-refractivity contribution in [2.45, 2.75) is 45.9 Å². The Morgan fingerprint density at radius 3 is 2.46 bits per heavy atom. The standard InChI is InChI=1S/C22H30N4O.HI/c1-16(2)27-21-10-8-20(9-11-21)25-22(23)24-14-17(3)26-13-12-18-6-4-5-7-19(18)15-26;/h4-11,16-17H,12-15H2,1-3H3,(H3,23,24,25);1H. The molecule has 0 spiro atoms. The summed E-state index contributed by atoms with van der Waals surface area (Å²) in [6.07, 6.45) is 1.27. The first-order chi connectivity index (χ1) is 13.0. The van der Waals surface area contributed by atoms with Crippen LogP contribution < -0.4 is 15.8 Å². The number of nitrogens with one attached hydrogen (secondary N) is 1. The molecular weight excluding hydrogens is 463 g/mol. The summed E-state index contributed by atoms with van der Waals surface area (Å²) in [5, 5.41) is 3.15. The number of hydrogen-bond donors (Lipinski definition) is 2. The maximum Gasteiger partial charge on any atom is 0.193 e. The van der Waals surface area contributed by atoms with Gasteiger partial charge in [-0.3, -0.25) is 9.89 Å². The van der Waals surface area contributed by atoms with E-state index in [-0.39, 0.29) is 30.1 Å². The zero-order valence-electron chi connectivity index (χ0n) is 16.9. The van der Waals surface area contributed by atoms with Crippen molar-refractivity contribution in [1.29, 1.82) is 0 Å². The Labute approximate surface area is 185 Å². The van der Waals surface area contributed by atoms with Crippen molar-refractivity contribution < 1.29 is 4.74 Å². The molecule has 0 radical (unpaired) electrons. The van der Waals surface area contributed by atoms with Crippen LogP contribution in [0.25, 0.3) is 0 Å². The summed E-state index contributed by atoms with van der Waals surface area (Å²) < 4.78 is 5.65. The second-order valence-corrected chi connectivity index (χ2v) is 7.38. The van der Waals surface area contributed by atoms with Crippen molar-refractivity contribution in [1.82, 2.24) is 4.90 Å². The Morgan fingerprint density at radius 2 is 1.79 bits per heavy atom. The first-order valence-electron chi connectivity index (χ1n) is 9.66. The number of rotatable bonds is 6. The van der Waals surface area contributed by atoms with E-state index in [1.807, 2.05) is 38.1 Å². The molecule has 1 aliphatic rings. The van der Waals surface area contributed by atoms with E-state index in [1.165, 1.54) is 11.1 Å². The lowest BCUT2D eigenvalue weighted by Crippen LogP contribution is -2.39. The first-order valence-corrected chi connectivity index (χ1v) is 9.66. The molecule has 1 atom stereocenters. The van der Waals surface area contributed by atoms with E-state index in [0.717, 1.165) is 30.9 Å². The zero-order chi connectivity index (χ0) is 19.2. The molecule has 0 saturated carbocycles. The fourth-order valence-corrected chi connectivity index (χ4v) is 3.32. The Balaban J connectivity index is 0.00000280. The minimum Gasteiger partial charge on any atom is -0.491 e. The van der Waals surface area contributed by atoms with Gasteiger partial charge in [0.2, 0.25) is 0 Å². The van der Waals surface area contributed by atoms with Crippen molar-refractivity contribution in [3.05, 3.63) is 59.7 Å². The van der Waals surface area contributed by atoms with Crippen LogP contribution in [0.5, 0.6) is 5.75 Å². The smallest absolute Gasteiger partial charge is 0.193 e. The van der Waals surface area contributed by atoms with E-state index < -0.39 is 0 Å². The van der Waals surface area contributed by atoms with Gasteiger partial charge in [0, 0.05) is 24.8 Å². The van der Waals surface area contributed by atoms with Crippen LogP contribution >= 0.6 is 24.0 Å². The highest BCUT2D eigenvalue weighted by Crippen LogP contribution is 2.20. The summed E-state index contributed by atoms with van der Waals surface area (Å²) in [6.45, 7) is 8.96. The first kappa shape index (κ1) is 22.5. The third-order valence-electron chi connectivity index (χ3n) is 4.81. The third-order valence-corrected chi connectivity index (χ3v) is 4.81. The molecule has 3 N–H and O–H groups in total. The van der Waals surface area contributed by atoms with Crippen molar-refractivity contribution in [2.75, 3.05) is 18.4 Å². The second kappa shape index (κ2) is 10.7. The predicted octanol–water partition coefficient (Wildman–Crippen LogP) is 4.27. The lowest BCUT2D eigenvalue weighted by molar-refractivity contribution is 0.195. The number of nitrogens with two attached hydrogens (primary N) is 1. The summed E-state index contributed by atoms with van der Waals surface area (Å²) in [5.74, 6) is 1.29. The van der Waals surface area contributed by atoms with Crippen LogP contribution in [0.4, 0.5) is 5.69 Å². The molecule has 0 saturated heterocycles. The van der Waals surface area contributed by atoms with Gasteiger partial charge >= 0.3 is 0 Å². The van der Waals surface area contributed by atoms with Crippen molar-refractivity contribution in [2.24, 2.45) is 10.7 Å².